The number of nitrogens with one attached hydrogen (secondary N) is 1. The molecular weight excluding hydrogens is 296 g/mol. The second kappa shape index (κ2) is 7.85. The van der Waals surface area contributed by atoms with Crippen LogP contribution in [0.2, 0.25) is 0 Å². The third kappa shape index (κ3) is 4.50. The van der Waals surface area contributed by atoms with Gasteiger partial charge >= 0.3 is 0 Å². The lowest BCUT2D eigenvalue weighted by atomic mass is 10.0. The van der Waals surface area contributed by atoms with Gasteiger partial charge in [-0.05, 0) is 56.0 Å². The molecule has 0 spiro atoms. The average molecular weight is 319 g/mol. The Morgan fingerprint density at radius 3 is 2.50 bits per heavy atom. The summed E-state index contributed by atoms with van der Waals surface area (Å²) in [7, 11) is 0. The molecule has 0 saturated carbocycles. The number of hydrogen-bond donors (Lipinski definition) is 2. The van der Waals surface area contributed by atoms with E-state index < -0.39 is 0 Å². The second-order valence-electron chi connectivity index (χ2n) is 5.58. The number of nitrogen functional groups attached to an aromatic ring is 1. The van der Waals surface area contributed by atoms with Gasteiger partial charge in [-0.15, -0.1) is 12.4 Å². The van der Waals surface area contributed by atoms with Gasteiger partial charge in [-0.3, -0.25) is 4.79 Å². The quantitative estimate of drug-likeness (QED) is 0.845. The molecule has 1 amide bonds. The molecule has 118 valence electrons. The fraction of sp³-hybridized carbons (Fsp3) is 0.278. The molecular formula is C18H23ClN2O. The monoisotopic (exact) mass is 318 g/mol. The molecule has 1 atom stereocenters. The molecule has 0 heterocycles. The van der Waals surface area contributed by atoms with Crippen molar-refractivity contribution in [3.63, 3.8) is 0 Å². The summed E-state index contributed by atoms with van der Waals surface area (Å²) in [6.07, 6.45) is 0.819. The lowest BCUT2D eigenvalue weighted by Gasteiger charge is -2.16. The standard InChI is InChI=1S/C18H22N2O.ClH/c1-12-6-4-5-7-15(12)10-14(3)20-18(21)17-11-16(19)9-8-13(17)2;/h4-9,11,14H,10,19H2,1-3H3,(H,20,21);1H. The van der Waals surface area contributed by atoms with Crippen LogP contribution in [0.5, 0.6) is 0 Å². The Morgan fingerprint density at radius 2 is 1.82 bits per heavy atom. The van der Waals surface area contributed by atoms with Gasteiger partial charge in [-0.2, -0.15) is 0 Å². The molecule has 0 bridgehead atoms. The highest BCUT2D eigenvalue weighted by Gasteiger charge is 2.13. The molecule has 2 aromatic rings. The van der Waals surface area contributed by atoms with Gasteiger partial charge in [0.15, 0.2) is 0 Å². The largest absolute Gasteiger partial charge is 0.399 e. The number of anilines is 1. The summed E-state index contributed by atoms with van der Waals surface area (Å²) in [5.74, 6) is -0.0686. The highest BCUT2D eigenvalue weighted by molar-refractivity contribution is 5.96. The van der Waals surface area contributed by atoms with Crippen LogP contribution in [0.15, 0.2) is 42.5 Å². The van der Waals surface area contributed by atoms with Crippen LogP contribution < -0.4 is 11.1 Å². The van der Waals surface area contributed by atoms with Gasteiger partial charge in [-0.1, -0.05) is 30.3 Å². The zero-order chi connectivity index (χ0) is 15.4. The topological polar surface area (TPSA) is 55.1 Å². The Bertz CT molecular complexity index is 655. The fourth-order valence-electron chi connectivity index (χ4n) is 2.41. The van der Waals surface area contributed by atoms with Crippen molar-refractivity contribution in [1.29, 1.82) is 0 Å². The Balaban J connectivity index is 0.00000242. The Hall–Kier alpha value is -2.00. The van der Waals surface area contributed by atoms with E-state index in [1.807, 2.05) is 38.1 Å². The Morgan fingerprint density at radius 1 is 1.14 bits per heavy atom. The van der Waals surface area contributed by atoms with Crippen LogP contribution in [-0.2, 0) is 6.42 Å². The van der Waals surface area contributed by atoms with Crippen molar-refractivity contribution in [3.8, 4) is 0 Å². The van der Waals surface area contributed by atoms with E-state index in [-0.39, 0.29) is 24.4 Å². The molecule has 0 saturated heterocycles. The lowest BCUT2D eigenvalue weighted by Crippen LogP contribution is -2.34. The first-order valence-electron chi connectivity index (χ1n) is 7.19. The molecule has 0 aromatic heterocycles. The van der Waals surface area contributed by atoms with Crippen LogP contribution in [0.25, 0.3) is 0 Å². The molecule has 22 heavy (non-hydrogen) atoms. The van der Waals surface area contributed by atoms with E-state index in [9.17, 15) is 4.79 Å². The molecule has 4 heteroatoms. The van der Waals surface area contributed by atoms with Gasteiger partial charge in [0, 0.05) is 17.3 Å². The van der Waals surface area contributed by atoms with Crippen molar-refractivity contribution in [2.45, 2.75) is 33.2 Å². The lowest BCUT2D eigenvalue weighted by molar-refractivity contribution is 0.0939. The number of benzene rings is 2. The van der Waals surface area contributed by atoms with E-state index >= 15 is 0 Å². The van der Waals surface area contributed by atoms with E-state index in [1.165, 1.54) is 11.1 Å². The minimum atomic E-state index is -0.0686. The first kappa shape index (κ1) is 18.1. The predicted octanol–water partition coefficient (Wildman–Crippen LogP) is 3.67. The normalized spacial score (nSPS) is 11.4. The van der Waals surface area contributed by atoms with Gasteiger partial charge in [0.05, 0.1) is 0 Å². The van der Waals surface area contributed by atoms with Gasteiger partial charge < -0.3 is 11.1 Å². The molecule has 2 aromatic carbocycles. The maximum atomic E-state index is 12.3. The third-order valence-corrected chi connectivity index (χ3v) is 3.67. The molecule has 0 radical (unpaired) electrons. The third-order valence-electron chi connectivity index (χ3n) is 3.67. The van der Waals surface area contributed by atoms with Crippen LogP contribution in [0.4, 0.5) is 5.69 Å². The van der Waals surface area contributed by atoms with Crippen LogP contribution >= 0.6 is 12.4 Å². The molecule has 0 aliphatic carbocycles. The van der Waals surface area contributed by atoms with E-state index in [4.69, 9.17) is 5.73 Å². The van der Waals surface area contributed by atoms with Gasteiger partial charge in [0.25, 0.3) is 5.91 Å². The van der Waals surface area contributed by atoms with Crippen molar-refractivity contribution in [2.24, 2.45) is 0 Å². The Kier molecular flexibility index (Phi) is 6.44. The number of nitrogens with two attached hydrogens (primary N) is 1. The summed E-state index contributed by atoms with van der Waals surface area (Å²) < 4.78 is 0. The maximum Gasteiger partial charge on any atom is 0.251 e. The summed E-state index contributed by atoms with van der Waals surface area (Å²) in [6.45, 7) is 6.03. The van der Waals surface area contributed by atoms with Crippen molar-refractivity contribution in [1.82, 2.24) is 5.32 Å². The van der Waals surface area contributed by atoms with Crippen LogP contribution in [0, 0.1) is 13.8 Å². The molecule has 0 aliphatic rings. The van der Waals surface area contributed by atoms with Gasteiger partial charge in [0.1, 0.15) is 0 Å². The molecule has 0 fully saturated rings. The number of carbonyl (C=O) groups excluding carboxylic acids is 1. The van der Waals surface area contributed by atoms with E-state index in [2.05, 4.69) is 24.4 Å². The molecule has 1 unspecified atom stereocenters. The summed E-state index contributed by atoms with van der Waals surface area (Å²) in [4.78, 5) is 12.3. The number of hydrogen-bond acceptors (Lipinski definition) is 2. The number of rotatable bonds is 4. The van der Waals surface area contributed by atoms with E-state index in [0.717, 1.165) is 12.0 Å². The zero-order valence-corrected chi connectivity index (χ0v) is 14.0. The number of amides is 1. The highest BCUT2D eigenvalue weighted by Crippen LogP contribution is 2.14. The number of halogens is 1. The number of carbonyl (C=O) groups is 1. The van der Waals surface area contributed by atoms with Crippen LogP contribution in [0.3, 0.4) is 0 Å². The van der Waals surface area contributed by atoms with Crippen molar-refractivity contribution in [3.05, 3.63) is 64.7 Å². The van der Waals surface area contributed by atoms with E-state index in [1.54, 1.807) is 6.07 Å². The van der Waals surface area contributed by atoms with E-state index in [0.29, 0.717) is 11.3 Å². The minimum absolute atomic E-state index is 0. The van der Waals surface area contributed by atoms with Crippen molar-refractivity contribution >= 4 is 24.0 Å². The molecule has 3 N–H and O–H groups in total. The van der Waals surface area contributed by atoms with Gasteiger partial charge in [-0.25, -0.2) is 0 Å². The first-order valence-corrected chi connectivity index (χ1v) is 7.19. The summed E-state index contributed by atoms with van der Waals surface area (Å²) >= 11 is 0. The zero-order valence-electron chi connectivity index (χ0n) is 13.2. The minimum Gasteiger partial charge on any atom is -0.399 e. The summed E-state index contributed by atoms with van der Waals surface area (Å²) in [5.41, 5.74) is 10.5. The average Bonchev–Trinajstić information content (AvgIpc) is 2.44. The van der Waals surface area contributed by atoms with Crippen molar-refractivity contribution < 1.29 is 4.79 Å². The SMILES string of the molecule is Cc1ccccc1CC(C)NC(=O)c1cc(N)ccc1C.Cl. The molecule has 3 nitrogen and oxygen atoms in total. The first-order chi connectivity index (χ1) is 9.97. The second-order valence-corrected chi connectivity index (χ2v) is 5.58. The van der Waals surface area contributed by atoms with Crippen LogP contribution in [-0.4, -0.2) is 11.9 Å². The smallest absolute Gasteiger partial charge is 0.251 e. The molecule has 0 aliphatic heterocycles. The number of aryl methyl sites for hydroxylation is 2. The van der Waals surface area contributed by atoms with Gasteiger partial charge in [0.2, 0.25) is 0 Å². The maximum absolute atomic E-state index is 12.3. The summed E-state index contributed by atoms with van der Waals surface area (Å²) in [5, 5.41) is 3.05. The fourth-order valence-corrected chi connectivity index (χ4v) is 2.41. The molecule has 2 rings (SSSR count). The predicted molar refractivity (Wildman–Crippen MR) is 94.7 cm³/mol. The van der Waals surface area contributed by atoms with Crippen molar-refractivity contribution in [2.75, 3.05) is 5.73 Å². The summed E-state index contributed by atoms with van der Waals surface area (Å²) in [6, 6.07) is 13.7. The Labute approximate surface area is 138 Å². The highest BCUT2D eigenvalue weighted by atomic mass is 35.5. The van der Waals surface area contributed by atoms with Crippen LogP contribution in [0.1, 0.15) is 34.0 Å².